The lowest BCUT2D eigenvalue weighted by molar-refractivity contribution is -0.149. The van der Waals surface area contributed by atoms with Crippen molar-refractivity contribution in [1.29, 1.82) is 0 Å². The van der Waals surface area contributed by atoms with Crippen molar-refractivity contribution in [3.05, 3.63) is 30.1 Å². The van der Waals surface area contributed by atoms with Crippen LogP contribution in [0.5, 0.6) is 0 Å². The molecule has 1 aliphatic rings. The molecule has 1 aromatic carbocycles. The van der Waals surface area contributed by atoms with Crippen LogP contribution in [0.3, 0.4) is 0 Å². The average Bonchev–Trinajstić information content (AvgIpc) is 3.21. The smallest absolute Gasteiger partial charge is 0.334 e. The van der Waals surface area contributed by atoms with Gasteiger partial charge in [-0.2, -0.15) is 0 Å². The highest BCUT2D eigenvalue weighted by atomic mass is 19.1. The summed E-state index contributed by atoms with van der Waals surface area (Å²) in [5.74, 6) is -0.568. The van der Waals surface area contributed by atoms with Crippen LogP contribution in [0.25, 0.3) is 0 Å². The molecule has 4 nitrogen and oxygen atoms in total. The molecule has 0 aromatic heterocycles. The molecule has 1 unspecified atom stereocenters. The summed E-state index contributed by atoms with van der Waals surface area (Å²) >= 11 is 0. The lowest BCUT2D eigenvalue weighted by Crippen LogP contribution is -2.53. The van der Waals surface area contributed by atoms with Crippen molar-refractivity contribution >= 4 is 11.7 Å². The fourth-order valence-electron chi connectivity index (χ4n) is 2.34. The van der Waals surface area contributed by atoms with Crippen molar-refractivity contribution in [3.8, 4) is 0 Å². The van der Waals surface area contributed by atoms with E-state index < -0.39 is 5.54 Å². The number of rotatable bonds is 6. The van der Waals surface area contributed by atoms with Gasteiger partial charge >= 0.3 is 5.97 Å². The van der Waals surface area contributed by atoms with Crippen LogP contribution in [-0.2, 0) is 14.3 Å². The number of benzene rings is 1. The van der Waals surface area contributed by atoms with E-state index in [4.69, 9.17) is 9.47 Å². The first-order chi connectivity index (χ1) is 9.12. The van der Waals surface area contributed by atoms with Crippen LogP contribution in [0.15, 0.2) is 24.3 Å². The summed E-state index contributed by atoms with van der Waals surface area (Å²) in [5, 5.41) is 3.11. The van der Waals surface area contributed by atoms with Crippen molar-refractivity contribution in [2.24, 2.45) is 5.92 Å². The summed E-state index contributed by atoms with van der Waals surface area (Å²) in [4.78, 5) is 12.1. The van der Waals surface area contributed by atoms with Crippen molar-refractivity contribution in [2.75, 3.05) is 26.1 Å². The third-order valence-corrected chi connectivity index (χ3v) is 3.39. The van der Waals surface area contributed by atoms with Crippen molar-refractivity contribution in [3.63, 3.8) is 0 Å². The molecule has 1 fully saturated rings. The van der Waals surface area contributed by atoms with Gasteiger partial charge in [0, 0.05) is 12.8 Å². The van der Waals surface area contributed by atoms with E-state index in [2.05, 4.69) is 5.32 Å². The Morgan fingerprint density at radius 2 is 2.21 bits per heavy atom. The Balaban J connectivity index is 2.28. The molecule has 1 aromatic rings. The molecule has 0 radical (unpaired) electrons. The number of ether oxygens (including phenoxy) is 2. The fraction of sp³-hybridized carbons (Fsp3) is 0.500. The van der Waals surface area contributed by atoms with Crippen LogP contribution in [0, 0.1) is 11.7 Å². The largest absolute Gasteiger partial charge is 0.467 e. The Hall–Kier alpha value is -1.62. The van der Waals surface area contributed by atoms with Crippen LogP contribution >= 0.6 is 0 Å². The van der Waals surface area contributed by atoms with Gasteiger partial charge in [0.2, 0.25) is 0 Å². The molecule has 0 amide bonds. The highest BCUT2D eigenvalue weighted by Gasteiger charge is 2.52. The van der Waals surface area contributed by atoms with E-state index in [1.165, 1.54) is 26.4 Å². The number of nitrogens with one attached hydrogen (secondary N) is 1. The molecular weight excluding hydrogens is 249 g/mol. The number of carbonyl (C=O) groups is 1. The van der Waals surface area contributed by atoms with Gasteiger partial charge in [0.15, 0.2) is 5.54 Å². The lowest BCUT2D eigenvalue weighted by atomic mass is 9.93. The summed E-state index contributed by atoms with van der Waals surface area (Å²) in [7, 11) is 2.88. The number of hydrogen-bond donors (Lipinski definition) is 1. The molecule has 1 N–H and O–H groups in total. The molecule has 0 saturated heterocycles. The van der Waals surface area contributed by atoms with E-state index in [0.717, 1.165) is 12.8 Å². The van der Waals surface area contributed by atoms with Crippen LogP contribution < -0.4 is 5.32 Å². The second-order valence-electron chi connectivity index (χ2n) is 4.81. The Kier molecular flexibility index (Phi) is 4.04. The Bertz CT molecular complexity index is 462. The monoisotopic (exact) mass is 267 g/mol. The molecular formula is C14H18FNO3. The Labute approximate surface area is 111 Å². The van der Waals surface area contributed by atoms with E-state index in [-0.39, 0.29) is 24.3 Å². The number of anilines is 1. The number of methoxy groups -OCH3 is 2. The first kappa shape index (κ1) is 13.8. The standard InChI is InChI=1S/C14H18FNO3/c1-18-9-14(10-6-7-10,13(17)19-2)16-12-5-3-4-11(15)8-12/h3-5,8,10,16H,6-7,9H2,1-2H3. The molecule has 104 valence electrons. The minimum atomic E-state index is -0.933. The third-order valence-electron chi connectivity index (χ3n) is 3.39. The zero-order chi connectivity index (χ0) is 13.9. The molecule has 1 saturated carbocycles. The third kappa shape index (κ3) is 2.87. The van der Waals surface area contributed by atoms with Gasteiger partial charge in [-0.1, -0.05) is 6.07 Å². The predicted octanol–water partition coefficient (Wildman–Crippen LogP) is 2.21. The van der Waals surface area contributed by atoms with E-state index in [0.29, 0.717) is 5.69 Å². The minimum Gasteiger partial charge on any atom is -0.467 e. The van der Waals surface area contributed by atoms with Gasteiger partial charge in [-0.3, -0.25) is 0 Å². The molecule has 1 atom stereocenters. The Morgan fingerprint density at radius 3 is 2.74 bits per heavy atom. The number of halogens is 1. The highest BCUT2D eigenvalue weighted by Crippen LogP contribution is 2.42. The van der Waals surface area contributed by atoms with Gasteiger partial charge in [0.25, 0.3) is 0 Å². The van der Waals surface area contributed by atoms with Crippen LogP contribution in [0.2, 0.25) is 0 Å². The van der Waals surface area contributed by atoms with Crippen molar-refractivity contribution in [2.45, 2.75) is 18.4 Å². The molecule has 0 spiro atoms. The summed E-state index contributed by atoms with van der Waals surface area (Å²) in [6.07, 6.45) is 1.86. The maximum Gasteiger partial charge on any atom is 0.334 e. The molecule has 0 bridgehead atoms. The van der Waals surface area contributed by atoms with Gasteiger partial charge in [-0.25, -0.2) is 9.18 Å². The van der Waals surface area contributed by atoms with Gasteiger partial charge in [0.1, 0.15) is 5.82 Å². The fourth-order valence-corrected chi connectivity index (χ4v) is 2.34. The summed E-state index contributed by atoms with van der Waals surface area (Å²) in [6, 6.07) is 6.03. The maximum atomic E-state index is 13.2. The quantitative estimate of drug-likeness (QED) is 0.803. The Morgan fingerprint density at radius 1 is 1.47 bits per heavy atom. The maximum absolute atomic E-state index is 13.2. The first-order valence-corrected chi connectivity index (χ1v) is 6.23. The average molecular weight is 267 g/mol. The van der Waals surface area contributed by atoms with Crippen LogP contribution in [-0.4, -0.2) is 32.3 Å². The second kappa shape index (κ2) is 5.57. The molecule has 19 heavy (non-hydrogen) atoms. The zero-order valence-corrected chi connectivity index (χ0v) is 11.1. The van der Waals surface area contributed by atoms with Crippen molar-refractivity contribution < 1.29 is 18.7 Å². The van der Waals surface area contributed by atoms with E-state index in [9.17, 15) is 9.18 Å². The van der Waals surface area contributed by atoms with Gasteiger partial charge in [0.05, 0.1) is 13.7 Å². The zero-order valence-electron chi connectivity index (χ0n) is 11.1. The lowest BCUT2D eigenvalue weighted by Gasteiger charge is -2.32. The molecule has 0 heterocycles. The first-order valence-electron chi connectivity index (χ1n) is 6.23. The molecule has 1 aliphatic carbocycles. The van der Waals surface area contributed by atoms with Gasteiger partial charge < -0.3 is 14.8 Å². The number of carbonyl (C=O) groups excluding carboxylic acids is 1. The van der Waals surface area contributed by atoms with E-state index >= 15 is 0 Å². The minimum absolute atomic E-state index is 0.156. The topological polar surface area (TPSA) is 47.6 Å². The number of esters is 1. The van der Waals surface area contributed by atoms with E-state index in [1.807, 2.05) is 0 Å². The number of hydrogen-bond acceptors (Lipinski definition) is 4. The SMILES string of the molecule is COCC(Nc1cccc(F)c1)(C(=O)OC)C1CC1. The molecule has 5 heteroatoms. The summed E-state index contributed by atoms with van der Waals surface area (Å²) in [6.45, 7) is 0.195. The summed E-state index contributed by atoms with van der Waals surface area (Å²) < 4.78 is 23.3. The van der Waals surface area contributed by atoms with Crippen molar-refractivity contribution in [1.82, 2.24) is 0 Å². The summed E-state index contributed by atoms with van der Waals surface area (Å²) in [5.41, 5.74) is -0.383. The highest BCUT2D eigenvalue weighted by molar-refractivity contribution is 5.85. The molecule has 0 aliphatic heterocycles. The predicted molar refractivity (Wildman–Crippen MR) is 69.4 cm³/mol. The normalized spacial score (nSPS) is 17.6. The van der Waals surface area contributed by atoms with E-state index in [1.54, 1.807) is 12.1 Å². The second-order valence-corrected chi connectivity index (χ2v) is 4.81. The van der Waals surface area contributed by atoms with Crippen LogP contribution in [0.4, 0.5) is 10.1 Å². The molecule has 2 rings (SSSR count). The van der Waals surface area contributed by atoms with Gasteiger partial charge in [-0.15, -0.1) is 0 Å². The van der Waals surface area contributed by atoms with Gasteiger partial charge in [-0.05, 0) is 37.0 Å². The van der Waals surface area contributed by atoms with Crippen LogP contribution in [0.1, 0.15) is 12.8 Å².